The molecular formula is C17H29N3. The average molecular weight is 275 g/mol. The van der Waals surface area contributed by atoms with Gasteiger partial charge in [-0.25, -0.2) is 0 Å². The van der Waals surface area contributed by atoms with Crippen LogP contribution in [0, 0.1) is 5.41 Å². The second-order valence-corrected chi connectivity index (χ2v) is 6.07. The predicted octanol–water partition coefficient (Wildman–Crippen LogP) is 3.77. The summed E-state index contributed by atoms with van der Waals surface area (Å²) in [6.45, 7) is 9.20. The summed E-state index contributed by atoms with van der Waals surface area (Å²) < 4.78 is 0. The zero-order valence-corrected chi connectivity index (χ0v) is 13.4. The van der Waals surface area contributed by atoms with Gasteiger partial charge in [0.2, 0.25) is 0 Å². The summed E-state index contributed by atoms with van der Waals surface area (Å²) >= 11 is 0. The van der Waals surface area contributed by atoms with Gasteiger partial charge in [-0.05, 0) is 50.3 Å². The standard InChI is InChI=1S/C17H29N3/c1-5-15(18-4)16-9-8-14(12-19-16)20-11-10-17(6-2,7-3)13-20/h8-9,12,15,18H,5-7,10-11,13H2,1-4H3. The Morgan fingerprint density at radius 1 is 1.30 bits per heavy atom. The monoisotopic (exact) mass is 275 g/mol. The van der Waals surface area contributed by atoms with Crippen LogP contribution in [0.25, 0.3) is 0 Å². The molecule has 1 atom stereocenters. The van der Waals surface area contributed by atoms with Crippen LogP contribution in [0.5, 0.6) is 0 Å². The molecule has 0 bridgehead atoms. The van der Waals surface area contributed by atoms with Crippen LogP contribution in [0.3, 0.4) is 0 Å². The molecule has 1 N–H and O–H groups in total. The molecule has 112 valence electrons. The summed E-state index contributed by atoms with van der Waals surface area (Å²) in [4.78, 5) is 7.16. The van der Waals surface area contributed by atoms with Crippen molar-refractivity contribution < 1.29 is 0 Å². The van der Waals surface area contributed by atoms with Gasteiger partial charge in [0.15, 0.2) is 0 Å². The summed E-state index contributed by atoms with van der Waals surface area (Å²) in [5.74, 6) is 0. The van der Waals surface area contributed by atoms with Gasteiger partial charge in [-0.2, -0.15) is 0 Å². The average Bonchev–Trinajstić information content (AvgIpc) is 2.94. The van der Waals surface area contributed by atoms with Crippen LogP contribution in [0.15, 0.2) is 18.3 Å². The fourth-order valence-electron chi connectivity index (χ4n) is 3.33. The smallest absolute Gasteiger partial charge is 0.0574 e. The first kappa shape index (κ1) is 15.3. The Hall–Kier alpha value is -1.09. The summed E-state index contributed by atoms with van der Waals surface area (Å²) in [5.41, 5.74) is 2.95. The van der Waals surface area contributed by atoms with E-state index in [0.717, 1.165) is 12.1 Å². The van der Waals surface area contributed by atoms with E-state index >= 15 is 0 Å². The molecule has 0 amide bonds. The number of anilines is 1. The normalized spacial score (nSPS) is 19.3. The molecule has 1 fully saturated rings. The van der Waals surface area contributed by atoms with Gasteiger partial charge in [0.05, 0.1) is 17.6 Å². The number of hydrogen-bond donors (Lipinski definition) is 1. The van der Waals surface area contributed by atoms with E-state index < -0.39 is 0 Å². The highest BCUT2D eigenvalue weighted by Crippen LogP contribution is 2.38. The molecule has 3 heteroatoms. The highest BCUT2D eigenvalue weighted by molar-refractivity contribution is 5.46. The van der Waals surface area contributed by atoms with Gasteiger partial charge >= 0.3 is 0 Å². The van der Waals surface area contributed by atoms with Crippen LogP contribution in [0.4, 0.5) is 5.69 Å². The van der Waals surface area contributed by atoms with Crippen molar-refractivity contribution in [2.24, 2.45) is 5.41 Å². The van der Waals surface area contributed by atoms with Crippen molar-refractivity contribution in [3.05, 3.63) is 24.0 Å². The van der Waals surface area contributed by atoms with Crippen LogP contribution >= 0.6 is 0 Å². The topological polar surface area (TPSA) is 28.2 Å². The molecule has 20 heavy (non-hydrogen) atoms. The molecule has 1 aromatic heterocycles. The lowest BCUT2D eigenvalue weighted by Gasteiger charge is -2.27. The SMILES string of the molecule is CCC(NC)c1ccc(N2CCC(CC)(CC)C2)cn1. The van der Waals surface area contributed by atoms with Gasteiger partial charge in [-0.15, -0.1) is 0 Å². The maximum atomic E-state index is 4.66. The van der Waals surface area contributed by atoms with Crippen molar-refractivity contribution in [2.75, 3.05) is 25.0 Å². The summed E-state index contributed by atoms with van der Waals surface area (Å²) in [7, 11) is 2.00. The van der Waals surface area contributed by atoms with Gasteiger partial charge < -0.3 is 10.2 Å². The maximum Gasteiger partial charge on any atom is 0.0574 e. The molecule has 1 aromatic rings. The number of nitrogens with one attached hydrogen (secondary N) is 1. The Labute approximate surface area is 123 Å². The van der Waals surface area contributed by atoms with E-state index in [0.29, 0.717) is 11.5 Å². The van der Waals surface area contributed by atoms with Crippen molar-refractivity contribution in [1.82, 2.24) is 10.3 Å². The van der Waals surface area contributed by atoms with E-state index in [-0.39, 0.29) is 0 Å². The van der Waals surface area contributed by atoms with Gasteiger partial charge in [0, 0.05) is 19.1 Å². The second-order valence-electron chi connectivity index (χ2n) is 6.07. The molecule has 0 aromatic carbocycles. The third-order valence-corrected chi connectivity index (χ3v) is 5.19. The van der Waals surface area contributed by atoms with E-state index in [9.17, 15) is 0 Å². The molecule has 1 unspecified atom stereocenters. The Morgan fingerprint density at radius 2 is 2.05 bits per heavy atom. The molecule has 2 rings (SSSR count). The van der Waals surface area contributed by atoms with Crippen LogP contribution in [0.1, 0.15) is 58.2 Å². The Kier molecular flexibility index (Phi) is 5.03. The number of nitrogens with zero attached hydrogens (tertiary/aromatic N) is 2. The molecule has 0 radical (unpaired) electrons. The molecule has 2 heterocycles. The zero-order chi connectivity index (χ0) is 14.6. The lowest BCUT2D eigenvalue weighted by Crippen LogP contribution is -2.26. The summed E-state index contributed by atoms with van der Waals surface area (Å²) in [6, 6.07) is 4.79. The first-order valence-electron chi connectivity index (χ1n) is 8.06. The second kappa shape index (κ2) is 6.57. The molecule has 0 aliphatic carbocycles. The molecule has 0 saturated carbocycles. The van der Waals surface area contributed by atoms with Crippen LogP contribution in [0.2, 0.25) is 0 Å². The van der Waals surface area contributed by atoms with Gasteiger partial charge in [0.25, 0.3) is 0 Å². The van der Waals surface area contributed by atoms with Crippen molar-refractivity contribution in [1.29, 1.82) is 0 Å². The minimum atomic E-state index is 0.369. The number of rotatable bonds is 6. The van der Waals surface area contributed by atoms with E-state index in [1.165, 1.54) is 38.0 Å². The van der Waals surface area contributed by atoms with Gasteiger partial charge in [-0.1, -0.05) is 20.8 Å². The first-order valence-corrected chi connectivity index (χ1v) is 8.06. The van der Waals surface area contributed by atoms with E-state index in [4.69, 9.17) is 0 Å². The number of pyridine rings is 1. The van der Waals surface area contributed by atoms with Crippen LogP contribution in [-0.2, 0) is 0 Å². The molecule has 1 saturated heterocycles. The van der Waals surface area contributed by atoms with E-state index in [1.54, 1.807) is 0 Å². The van der Waals surface area contributed by atoms with Gasteiger partial charge in [-0.3, -0.25) is 4.98 Å². The van der Waals surface area contributed by atoms with Crippen LogP contribution < -0.4 is 10.2 Å². The first-order chi connectivity index (χ1) is 9.68. The fourth-order valence-corrected chi connectivity index (χ4v) is 3.33. The third-order valence-electron chi connectivity index (χ3n) is 5.19. The zero-order valence-electron chi connectivity index (χ0n) is 13.4. The number of hydrogen-bond acceptors (Lipinski definition) is 3. The molecular weight excluding hydrogens is 246 g/mol. The quantitative estimate of drug-likeness (QED) is 0.856. The Balaban J connectivity index is 2.08. The fraction of sp³-hybridized carbons (Fsp3) is 0.706. The minimum Gasteiger partial charge on any atom is -0.370 e. The molecule has 0 spiro atoms. The molecule has 1 aliphatic rings. The molecule has 3 nitrogen and oxygen atoms in total. The van der Waals surface area contributed by atoms with Crippen molar-refractivity contribution >= 4 is 5.69 Å². The number of aromatic nitrogens is 1. The lowest BCUT2D eigenvalue weighted by molar-refractivity contribution is 0.301. The van der Waals surface area contributed by atoms with Crippen molar-refractivity contribution in [3.63, 3.8) is 0 Å². The van der Waals surface area contributed by atoms with Gasteiger partial charge in [0.1, 0.15) is 0 Å². The summed E-state index contributed by atoms with van der Waals surface area (Å²) in [5, 5.41) is 3.31. The highest BCUT2D eigenvalue weighted by Gasteiger charge is 2.35. The minimum absolute atomic E-state index is 0.369. The molecule has 1 aliphatic heterocycles. The third kappa shape index (κ3) is 2.98. The lowest BCUT2D eigenvalue weighted by atomic mass is 9.82. The van der Waals surface area contributed by atoms with E-state index in [1.807, 2.05) is 7.05 Å². The van der Waals surface area contributed by atoms with Crippen molar-refractivity contribution in [3.8, 4) is 0 Å². The van der Waals surface area contributed by atoms with E-state index in [2.05, 4.69) is 54.3 Å². The summed E-state index contributed by atoms with van der Waals surface area (Å²) in [6.07, 6.45) is 7.00. The van der Waals surface area contributed by atoms with Crippen LogP contribution in [-0.4, -0.2) is 25.1 Å². The Morgan fingerprint density at radius 3 is 2.50 bits per heavy atom. The maximum absolute atomic E-state index is 4.66. The largest absolute Gasteiger partial charge is 0.370 e. The Bertz CT molecular complexity index is 405. The predicted molar refractivity (Wildman–Crippen MR) is 86.2 cm³/mol. The van der Waals surface area contributed by atoms with Crippen molar-refractivity contribution in [2.45, 2.75) is 52.5 Å². The highest BCUT2D eigenvalue weighted by atomic mass is 15.2.